The fourth-order valence-corrected chi connectivity index (χ4v) is 6.78. The molecule has 198 valence electrons. The predicted octanol–water partition coefficient (Wildman–Crippen LogP) is 2.18. The van der Waals surface area contributed by atoms with Crippen molar-refractivity contribution in [3.8, 4) is 0 Å². The highest BCUT2D eigenvalue weighted by Gasteiger charge is 2.45. The van der Waals surface area contributed by atoms with E-state index < -0.39 is 10.9 Å². The van der Waals surface area contributed by atoms with E-state index in [2.05, 4.69) is 50.8 Å². The van der Waals surface area contributed by atoms with Gasteiger partial charge in [-0.1, -0.05) is 56.0 Å². The third-order valence-corrected chi connectivity index (χ3v) is 9.22. The molecule has 2 heterocycles. The van der Waals surface area contributed by atoms with Crippen molar-refractivity contribution in [2.75, 3.05) is 19.0 Å². The number of nitrogens with zero attached hydrogens (tertiary/aromatic N) is 2. The smallest absolute Gasteiger partial charge is 0.209 e. The average Bonchev–Trinajstić information content (AvgIpc) is 3.23. The topological polar surface area (TPSA) is 83.7 Å². The van der Waals surface area contributed by atoms with Gasteiger partial charge in [0.15, 0.2) is 5.71 Å². The summed E-state index contributed by atoms with van der Waals surface area (Å²) < 4.78 is 2.01. The van der Waals surface area contributed by atoms with Crippen LogP contribution in [-0.4, -0.2) is 35.5 Å². The third-order valence-electron chi connectivity index (χ3n) is 9.22. The Hall–Kier alpha value is -4.19. The summed E-state index contributed by atoms with van der Waals surface area (Å²) in [6.07, 6.45) is 3.32. The van der Waals surface area contributed by atoms with Gasteiger partial charge in [0, 0.05) is 47.5 Å². The predicted molar refractivity (Wildman–Crippen MR) is 153 cm³/mol. The van der Waals surface area contributed by atoms with Crippen molar-refractivity contribution in [3.63, 3.8) is 0 Å². The molecule has 3 aliphatic rings. The maximum absolute atomic E-state index is 13.1. The second-order valence-electron chi connectivity index (χ2n) is 12.0. The second-order valence-corrected chi connectivity index (χ2v) is 12.0. The first-order chi connectivity index (χ1) is 18.4. The van der Waals surface area contributed by atoms with Gasteiger partial charge < -0.3 is 15.1 Å². The molecule has 0 fully saturated rings. The molecule has 0 radical (unpaired) electrons. The molecule has 1 atom stereocenters. The number of allylic oxidation sites excluding steroid dienone is 2. The molecule has 2 aliphatic heterocycles. The molecule has 1 unspecified atom stereocenters. The number of rotatable bonds is 4. The van der Waals surface area contributed by atoms with Gasteiger partial charge in [0.1, 0.15) is 12.8 Å². The Balaban J connectivity index is 1.30. The van der Waals surface area contributed by atoms with Crippen molar-refractivity contribution in [3.05, 3.63) is 113 Å². The van der Waals surface area contributed by atoms with Crippen molar-refractivity contribution >= 4 is 29.2 Å². The summed E-state index contributed by atoms with van der Waals surface area (Å²) in [4.78, 5) is 28.2. The number of aliphatic hydroxyl groups is 1. The number of para-hydroxylation sites is 2. The summed E-state index contributed by atoms with van der Waals surface area (Å²) >= 11 is 0. The van der Waals surface area contributed by atoms with E-state index in [1.54, 1.807) is 6.08 Å². The van der Waals surface area contributed by atoms with Gasteiger partial charge in [-0.3, -0.25) is 9.59 Å². The Morgan fingerprint density at radius 3 is 2.15 bits per heavy atom. The van der Waals surface area contributed by atoms with E-state index in [9.17, 15) is 19.8 Å². The quantitative estimate of drug-likeness (QED) is 0.534. The van der Waals surface area contributed by atoms with Crippen LogP contribution >= 0.6 is 0 Å². The number of benzene rings is 2. The zero-order valence-corrected chi connectivity index (χ0v) is 23.1. The van der Waals surface area contributed by atoms with E-state index in [1.807, 2.05) is 49.0 Å². The summed E-state index contributed by atoms with van der Waals surface area (Å²) in [7, 11) is 3.93. The summed E-state index contributed by atoms with van der Waals surface area (Å²) in [6.45, 7) is 8.43. The standard InChI is InChI=1S/C33H32N2O4/c1-32(2)22-11-7-9-13-24(22)34(5)26(32)16-20-28(36)18(29(20)37)15-19-30(38)21(31(19)39)17-27-33(3,4)23-12-8-10-14-25(23)35(27)6/h7-16,27H,17H2,1-6H3,(H-,36,37,38,39). The van der Waals surface area contributed by atoms with Crippen LogP contribution in [0.5, 0.6) is 0 Å². The van der Waals surface area contributed by atoms with E-state index in [1.165, 1.54) is 11.6 Å². The molecule has 6 heteroatoms. The van der Waals surface area contributed by atoms with Crippen LogP contribution in [0.4, 0.5) is 11.4 Å². The summed E-state index contributed by atoms with van der Waals surface area (Å²) in [5.41, 5.74) is 4.36. The second kappa shape index (κ2) is 8.15. The first-order valence-corrected chi connectivity index (χ1v) is 13.3. The van der Waals surface area contributed by atoms with E-state index in [4.69, 9.17) is 0 Å². The lowest BCUT2D eigenvalue weighted by molar-refractivity contribution is -0.400. The van der Waals surface area contributed by atoms with E-state index in [-0.39, 0.29) is 44.4 Å². The maximum atomic E-state index is 13.1. The fraction of sp³-hybridized carbons (Fsp3) is 0.303. The molecule has 6 rings (SSSR count). The van der Waals surface area contributed by atoms with Crippen LogP contribution in [-0.2, 0) is 10.8 Å². The molecule has 3 aromatic rings. The molecule has 0 spiro atoms. The van der Waals surface area contributed by atoms with E-state index >= 15 is 0 Å². The van der Waals surface area contributed by atoms with Crippen molar-refractivity contribution in [2.24, 2.45) is 0 Å². The highest BCUT2D eigenvalue weighted by molar-refractivity contribution is 6.15. The molecule has 39 heavy (non-hydrogen) atoms. The van der Waals surface area contributed by atoms with Gasteiger partial charge in [-0.15, -0.1) is 0 Å². The molecule has 1 N–H and O–H groups in total. The summed E-state index contributed by atoms with van der Waals surface area (Å²) in [6, 6.07) is 16.2. The van der Waals surface area contributed by atoms with Gasteiger partial charge in [-0.2, -0.15) is 4.58 Å². The minimum Gasteiger partial charge on any atom is -0.872 e. The summed E-state index contributed by atoms with van der Waals surface area (Å²) in [5.74, 6) is -0.424. The lowest BCUT2D eigenvalue weighted by Gasteiger charge is -2.38. The first-order valence-electron chi connectivity index (χ1n) is 13.3. The number of fused-ring (bicyclic) bond motifs is 2. The lowest BCUT2D eigenvalue weighted by Crippen LogP contribution is -2.65. The van der Waals surface area contributed by atoms with Gasteiger partial charge in [-0.25, -0.2) is 0 Å². The normalized spacial score (nSPS) is 20.9. The first kappa shape index (κ1) is 25.1. The molecule has 0 aromatic heterocycles. The molecule has 0 bridgehead atoms. The SMILES string of the molecule is CN1c2ccccc2C(C)(C)C1CC1=C([O-])C(C=c2c(=O)c(=CC3=[N+](C)c4ccccc4C3(C)C)c2=O)=C1O. The van der Waals surface area contributed by atoms with Crippen LogP contribution in [0.15, 0.2) is 80.8 Å². The molecular formula is C33H32N2O4. The molecule has 0 amide bonds. The molecular weight excluding hydrogens is 488 g/mol. The monoisotopic (exact) mass is 520 g/mol. The average molecular weight is 521 g/mol. The molecule has 3 aromatic carbocycles. The number of hydrogen-bond donors (Lipinski definition) is 1. The van der Waals surface area contributed by atoms with Crippen molar-refractivity contribution in [1.29, 1.82) is 0 Å². The minimum atomic E-state index is -0.402. The zero-order valence-electron chi connectivity index (χ0n) is 23.1. The highest BCUT2D eigenvalue weighted by Crippen LogP contribution is 2.48. The Morgan fingerprint density at radius 1 is 0.949 bits per heavy atom. The number of anilines is 1. The van der Waals surface area contributed by atoms with Crippen LogP contribution in [0.25, 0.3) is 12.2 Å². The van der Waals surface area contributed by atoms with Crippen LogP contribution in [0, 0.1) is 0 Å². The summed E-state index contributed by atoms with van der Waals surface area (Å²) in [5, 5.41) is 24.0. The van der Waals surface area contributed by atoms with Gasteiger partial charge in [0.2, 0.25) is 16.5 Å². The fourth-order valence-electron chi connectivity index (χ4n) is 6.78. The van der Waals surface area contributed by atoms with Crippen LogP contribution < -0.4 is 31.3 Å². The van der Waals surface area contributed by atoms with E-state index in [0.717, 1.165) is 22.6 Å². The molecule has 0 saturated heterocycles. The lowest BCUT2D eigenvalue weighted by atomic mass is 9.76. The zero-order chi connectivity index (χ0) is 28.0. The van der Waals surface area contributed by atoms with Gasteiger partial charge in [0.05, 0.1) is 15.9 Å². The van der Waals surface area contributed by atoms with Crippen molar-refractivity contribution in [1.82, 2.24) is 0 Å². The Bertz CT molecular complexity index is 1840. The molecule has 1 aliphatic carbocycles. The van der Waals surface area contributed by atoms with Gasteiger partial charge >= 0.3 is 0 Å². The third kappa shape index (κ3) is 3.30. The largest absolute Gasteiger partial charge is 0.872 e. The number of likely N-dealkylation sites (N-methyl/N-ethyl adjacent to an activating group) is 1. The Morgan fingerprint density at radius 2 is 1.54 bits per heavy atom. The minimum absolute atomic E-state index is 0.0143. The highest BCUT2D eigenvalue weighted by atomic mass is 16.3. The number of aliphatic hydroxyl groups excluding tert-OH is 1. The van der Waals surface area contributed by atoms with Crippen LogP contribution in [0.3, 0.4) is 0 Å². The van der Waals surface area contributed by atoms with E-state index in [0.29, 0.717) is 12.0 Å². The molecule has 0 saturated carbocycles. The van der Waals surface area contributed by atoms with Crippen LogP contribution in [0.1, 0.15) is 45.2 Å². The maximum Gasteiger partial charge on any atom is 0.209 e. The van der Waals surface area contributed by atoms with Crippen molar-refractivity contribution in [2.45, 2.75) is 51.0 Å². The Labute approximate surface area is 227 Å². The molecule has 6 nitrogen and oxygen atoms in total. The Kier molecular flexibility index (Phi) is 5.25. The van der Waals surface area contributed by atoms with Crippen LogP contribution in [0.2, 0.25) is 0 Å². The van der Waals surface area contributed by atoms with Gasteiger partial charge in [0.25, 0.3) is 0 Å². The number of hydrogen-bond acceptors (Lipinski definition) is 5. The van der Waals surface area contributed by atoms with Gasteiger partial charge in [-0.05, 0) is 43.5 Å². The van der Waals surface area contributed by atoms with Crippen molar-refractivity contribution < 1.29 is 14.8 Å².